The summed E-state index contributed by atoms with van der Waals surface area (Å²) in [5.41, 5.74) is 10.8. The molecule has 5 aromatic heterocycles. The Morgan fingerprint density at radius 1 is 0.517 bits per heavy atom. The topological polar surface area (TPSA) is 170 Å². The molecule has 5 heterocycles. The van der Waals surface area contributed by atoms with Crippen molar-refractivity contribution in [1.29, 1.82) is 0 Å². The fourth-order valence-electron chi connectivity index (χ4n) is 12.9. The number of fused-ring (bicyclic) bond motifs is 4. The van der Waals surface area contributed by atoms with E-state index in [0.717, 1.165) is 83.8 Å². The van der Waals surface area contributed by atoms with E-state index in [2.05, 4.69) is 158 Å². The Bertz CT molecular complexity index is 4310. The Morgan fingerprint density at radius 2 is 0.977 bits per heavy atom. The van der Waals surface area contributed by atoms with Gasteiger partial charge in [0.05, 0.1) is 34.2 Å². The maximum Gasteiger partial charge on any atom is 0.269 e. The highest BCUT2D eigenvalue weighted by Gasteiger charge is 2.40. The summed E-state index contributed by atoms with van der Waals surface area (Å²) in [4.78, 5) is 37.3. The van der Waals surface area contributed by atoms with Gasteiger partial charge in [0.2, 0.25) is 0 Å². The van der Waals surface area contributed by atoms with Crippen LogP contribution in [-0.2, 0) is 51.0 Å². The third-order valence-corrected chi connectivity index (χ3v) is 20.9. The lowest BCUT2D eigenvalue weighted by Gasteiger charge is -2.29. The summed E-state index contributed by atoms with van der Waals surface area (Å²) in [6, 6.07) is 60.2. The van der Waals surface area contributed by atoms with Crippen LogP contribution in [0.15, 0.2) is 223 Å². The molecule has 17 heteroatoms. The predicted molar refractivity (Wildman–Crippen MR) is 342 cm³/mol. The number of hydrogen-bond donors (Lipinski definition) is 1. The van der Waals surface area contributed by atoms with E-state index in [1.807, 2.05) is 50.4 Å². The molecule has 0 radical (unpaired) electrons. The van der Waals surface area contributed by atoms with Gasteiger partial charge < -0.3 is 5.32 Å². The van der Waals surface area contributed by atoms with Gasteiger partial charge in [-0.25, -0.2) is 44.7 Å². The molecule has 0 amide bonds. The van der Waals surface area contributed by atoms with Gasteiger partial charge in [-0.2, -0.15) is 0 Å². The van der Waals surface area contributed by atoms with Crippen molar-refractivity contribution in [3.8, 4) is 0 Å². The summed E-state index contributed by atoms with van der Waals surface area (Å²) in [6.07, 6.45) is 12.1. The van der Waals surface area contributed by atoms with Gasteiger partial charge in [0.1, 0.15) is 11.3 Å². The standard InChI is InChI=1S/C35H37N5O3S.C35H35N5O2S/c1-25-13-15-30(16-14-25)44(42,43)40-18-17-32-35(40)37-22-34(38-32)36-21-33(41)31-20-29(19-26(31)2)39(23-27-9-5-3-6-10-27)24-28-11-7-4-8-12-28;1-25-13-15-30(16-14-25)43(41,42)39-18-17-32-35(39)37-22-34-36-21-33(40(32)34)31-20-29(19-26(31)2)38(23-27-9-5-3-6-10-27)24-28-11-7-4-8-12-28/h3-18,22,26,29,31H,19-21,23-24H2,1-2H3,(H,36,38);3-18,21-22,26,29,31H,19-20,23-24H2,1-2H3. The van der Waals surface area contributed by atoms with E-state index in [1.54, 1.807) is 54.9 Å². The van der Waals surface area contributed by atoms with Gasteiger partial charge in [-0.15, -0.1) is 0 Å². The Morgan fingerprint density at radius 3 is 1.49 bits per heavy atom. The van der Waals surface area contributed by atoms with E-state index in [9.17, 15) is 21.6 Å². The van der Waals surface area contributed by atoms with Crippen LogP contribution in [0.25, 0.3) is 28.0 Å². The monoisotopic (exact) mass is 1200 g/mol. The number of carbonyl (C=O) groups excluding carboxylic acids is 1. The number of anilines is 1. The number of imidazole rings is 1. The minimum absolute atomic E-state index is 0.0565. The predicted octanol–water partition coefficient (Wildman–Crippen LogP) is 12.9. The fourth-order valence-corrected chi connectivity index (χ4v) is 15.5. The van der Waals surface area contributed by atoms with E-state index in [-0.39, 0.29) is 45.5 Å². The van der Waals surface area contributed by atoms with Crippen molar-refractivity contribution in [3.63, 3.8) is 0 Å². The van der Waals surface area contributed by atoms with Crippen LogP contribution in [0.4, 0.5) is 5.82 Å². The number of ketones is 1. The zero-order valence-corrected chi connectivity index (χ0v) is 51.1. The first-order chi connectivity index (χ1) is 42.2. The van der Waals surface area contributed by atoms with Gasteiger partial charge in [0.25, 0.3) is 20.0 Å². The molecule has 444 valence electrons. The highest BCUT2D eigenvalue weighted by Crippen LogP contribution is 2.43. The number of carbonyl (C=O) groups is 1. The molecule has 87 heavy (non-hydrogen) atoms. The maximum atomic E-state index is 13.6. The van der Waals surface area contributed by atoms with E-state index < -0.39 is 20.0 Å². The molecule has 11 aromatic rings. The molecule has 2 aliphatic rings. The van der Waals surface area contributed by atoms with Gasteiger partial charge in [0, 0.05) is 74.4 Å². The molecule has 0 bridgehead atoms. The Hall–Kier alpha value is -8.61. The molecule has 6 atom stereocenters. The van der Waals surface area contributed by atoms with Crippen molar-refractivity contribution in [2.75, 3.05) is 11.9 Å². The maximum absolute atomic E-state index is 13.6. The second-order valence-electron chi connectivity index (χ2n) is 23.7. The second-order valence-corrected chi connectivity index (χ2v) is 27.3. The third-order valence-electron chi connectivity index (χ3n) is 17.6. The summed E-state index contributed by atoms with van der Waals surface area (Å²) < 4.78 is 58.2. The third kappa shape index (κ3) is 12.8. The van der Waals surface area contributed by atoms with Crippen LogP contribution in [0.1, 0.15) is 84.5 Å². The lowest BCUT2D eigenvalue weighted by atomic mass is 9.93. The summed E-state index contributed by atoms with van der Waals surface area (Å²) in [6.45, 7) is 11.9. The largest absolute Gasteiger partial charge is 0.362 e. The molecule has 1 N–H and O–H groups in total. The van der Waals surface area contributed by atoms with Crippen molar-refractivity contribution in [3.05, 3.63) is 252 Å². The molecule has 0 aliphatic heterocycles. The quantitative estimate of drug-likeness (QED) is 0.0814. The molecule has 0 spiro atoms. The number of aromatic nitrogens is 7. The van der Waals surface area contributed by atoms with Crippen LogP contribution < -0.4 is 5.32 Å². The normalized spacial score (nSPS) is 18.8. The van der Waals surface area contributed by atoms with Crippen LogP contribution >= 0.6 is 0 Å². The highest BCUT2D eigenvalue weighted by atomic mass is 32.2. The number of nitrogens with one attached hydrogen (secondary N) is 1. The average molecular weight is 1200 g/mol. The molecule has 2 aliphatic carbocycles. The second kappa shape index (κ2) is 25.4. The van der Waals surface area contributed by atoms with Crippen LogP contribution in [0, 0.1) is 31.6 Å². The van der Waals surface area contributed by atoms with Crippen molar-refractivity contribution in [1.82, 2.24) is 42.1 Å². The fraction of sp³-hybridized carbons (Fsp3) is 0.271. The van der Waals surface area contributed by atoms with Crippen LogP contribution in [0.5, 0.6) is 0 Å². The summed E-state index contributed by atoms with van der Waals surface area (Å²) in [7, 11) is -7.61. The van der Waals surface area contributed by atoms with Gasteiger partial charge in [0.15, 0.2) is 22.7 Å². The molecule has 6 unspecified atom stereocenters. The Kier molecular flexibility index (Phi) is 17.1. The van der Waals surface area contributed by atoms with E-state index in [0.29, 0.717) is 35.0 Å². The molecule has 15 nitrogen and oxygen atoms in total. The van der Waals surface area contributed by atoms with Crippen LogP contribution in [-0.4, -0.2) is 83.3 Å². The highest BCUT2D eigenvalue weighted by molar-refractivity contribution is 7.90. The first-order valence-corrected chi connectivity index (χ1v) is 32.8. The molecular weight excluding hydrogens is 1120 g/mol. The molecule has 2 saturated carbocycles. The number of Topliss-reactive ketones (excluding diaryl/α,β-unsaturated/α-hetero) is 1. The van der Waals surface area contributed by atoms with Gasteiger partial charge in [-0.05, 0) is 110 Å². The lowest BCUT2D eigenvalue weighted by Crippen LogP contribution is -2.33. The van der Waals surface area contributed by atoms with Crippen molar-refractivity contribution in [2.24, 2.45) is 17.8 Å². The molecule has 13 rings (SSSR count). The Labute approximate surface area is 509 Å². The van der Waals surface area contributed by atoms with E-state index in [4.69, 9.17) is 4.98 Å². The first-order valence-electron chi connectivity index (χ1n) is 29.9. The van der Waals surface area contributed by atoms with E-state index >= 15 is 0 Å². The molecular formula is C70H72N10O5S2. The number of rotatable bonds is 19. The first kappa shape index (κ1) is 58.8. The zero-order chi connectivity index (χ0) is 60.2. The summed E-state index contributed by atoms with van der Waals surface area (Å²) >= 11 is 0. The van der Waals surface area contributed by atoms with Crippen molar-refractivity contribution < 1.29 is 21.6 Å². The number of hydrogen-bond acceptors (Lipinski definition) is 12. The summed E-state index contributed by atoms with van der Waals surface area (Å²) in [5.74, 6) is 1.50. The van der Waals surface area contributed by atoms with Crippen molar-refractivity contribution >= 4 is 59.6 Å². The number of aryl methyl sites for hydroxylation is 2. The smallest absolute Gasteiger partial charge is 0.269 e. The molecule has 6 aromatic carbocycles. The number of nitrogens with zero attached hydrogens (tertiary/aromatic N) is 9. The summed E-state index contributed by atoms with van der Waals surface area (Å²) in [5, 5.41) is 3.15. The minimum Gasteiger partial charge on any atom is -0.362 e. The Balaban J connectivity index is 0.000000170. The zero-order valence-electron chi connectivity index (χ0n) is 49.4. The molecule has 2 fully saturated rings. The van der Waals surface area contributed by atoms with Gasteiger partial charge in [-0.1, -0.05) is 171 Å². The number of benzene rings is 6. The van der Waals surface area contributed by atoms with Gasteiger partial charge in [-0.3, -0.25) is 19.0 Å². The van der Waals surface area contributed by atoms with Gasteiger partial charge >= 0.3 is 0 Å². The van der Waals surface area contributed by atoms with Crippen molar-refractivity contribution in [2.45, 2.75) is 107 Å². The van der Waals surface area contributed by atoms with E-state index in [1.165, 1.54) is 38.6 Å². The lowest BCUT2D eigenvalue weighted by molar-refractivity contribution is -0.122. The molecule has 0 saturated heterocycles. The minimum atomic E-state index is -3.81. The average Bonchev–Trinajstić information content (AvgIpc) is 1.80. The van der Waals surface area contributed by atoms with Crippen LogP contribution in [0.3, 0.4) is 0 Å². The SMILES string of the molecule is Cc1ccc(S(=O)(=O)n2ccc3c2ncc2ncc(C4CC(N(Cc5ccccc5)Cc5ccccc5)CC4C)n23)cc1.Cc1ccc(S(=O)(=O)n2ccc3nc(NCC(=O)C4CC(N(Cc5ccccc5)Cc5ccccc5)CC4C)cnc32)cc1. The van der Waals surface area contributed by atoms with Crippen LogP contribution in [0.2, 0.25) is 0 Å².